The Morgan fingerprint density at radius 3 is 2.74 bits per heavy atom. The van der Waals surface area contributed by atoms with Crippen molar-refractivity contribution in [1.29, 1.82) is 0 Å². The van der Waals surface area contributed by atoms with Crippen LogP contribution >= 0.6 is 11.6 Å². The van der Waals surface area contributed by atoms with Crippen molar-refractivity contribution < 1.29 is 9.21 Å². The maximum Gasteiger partial charge on any atom is 0.225 e. The van der Waals surface area contributed by atoms with Crippen molar-refractivity contribution in [3.05, 3.63) is 17.6 Å². The molecule has 0 saturated carbocycles. The zero-order chi connectivity index (χ0) is 13.4. The summed E-state index contributed by atoms with van der Waals surface area (Å²) in [7, 11) is 0. The summed E-state index contributed by atoms with van der Waals surface area (Å²) in [5.74, 6) is 0.798. The topological polar surface area (TPSA) is 62.5 Å². The van der Waals surface area contributed by atoms with Crippen LogP contribution in [0, 0.1) is 0 Å². The molecule has 2 aromatic rings. The van der Waals surface area contributed by atoms with E-state index in [1.54, 1.807) is 19.3 Å². The van der Waals surface area contributed by atoms with Gasteiger partial charge in [-0.1, -0.05) is 0 Å². The molecule has 0 unspecified atom stereocenters. The second-order valence-electron chi connectivity index (χ2n) is 4.44. The van der Waals surface area contributed by atoms with Gasteiger partial charge < -0.3 is 14.2 Å². The third-order valence-corrected chi connectivity index (χ3v) is 3.45. The molecule has 1 amide bonds. The molecule has 1 aliphatic rings. The highest BCUT2D eigenvalue weighted by molar-refractivity contribution is 6.28. The Bertz CT molecular complexity index is 619. The van der Waals surface area contributed by atoms with Crippen molar-refractivity contribution in [2.75, 3.05) is 31.1 Å². The Balaban J connectivity index is 1.89. The van der Waals surface area contributed by atoms with E-state index >= 15 is 0 Å². The molecule has 1 aliphatic heterocycles. The van der Waals surface area contributed by atoms with Crippen LogP contribution in [0.4, 0.5) is 5.82 Å². The lowest BCUT2D eigenvalue weighted by molar-refractivity contribution is -0.129. The van der Waals surface area contributed by atoms with E-state index in [4.69, 9.17) is 16.0 Å². The van der Waals surface area contributed by atoms with Crippen LogP contribution in [0.3, 0.4) is 0 Å². The van der Waals surface area contributed by atoms with Gasteiger partial charge in [-0.3, -0.25) is 4.79 Å². The standard InChI is InChI=1S/C12H13ClN4O2/c1-8(18)16-3-5-17(6-4-16)11-10-9(2-7-19-10)14-12(13)15-11/h2,7H,3-6H2,1H3. The minimum absolute atomic E-state index is 0.100. The highest BCUT2D eigenvalue weighted by Gasteiger charge is 2.23. The molecular weight excluding hydrogens is 268 g/mol. The van der Waals surface area contributed by atoms with Gasteiger partial charge >= 0.3 is 0 Å². The Morgan fingerprint density at radius 1 is 1.32 bits per heavy atom. The number of anilines is 1. The first-order valence-electron chi connectivity index (χ1n) is 6.06. The van der Waals surface area contributed by atoms with E-state index in [1.807, 2.05) is 4.90 Å². The average molecular weight is 281 g/mol. The maximum absolute atomic E-state index is 11.3. The summed E-state index contributed by atoms with van der Waals surface area (Å²) in [5, 5.41) is 0.206. The van der Waals surface area contributed by atoms with Gasteiger partial charge in [0, 0.05) is 39.2 Å². The van der Waals surface area contributed by atoms with Gasteiger partial charge in [-0.15, -0.1) is 0 Å². The summed E-state index contributed by atoms with van der Waals surface area (Å²) in [6, 6.07) is 1.76. The zero-order valence-corrected chi connectivity index (χ0v) is 11.2. The predicted molar refractivity (Wildman–Crippen MR) is 71.3 cm³/mol. The minimum atomic E-state index is 0.100. The fourth-order valence-corrected chi connectivity index (χ4v) is 2.44. The van der Waals surface area contributed by atoms with E-state index in [2.05, 4.69) is 14.9 Å². The lowest BCUT2D eigenvalue weighted by Crippen LogP contribution is -2.48. The molecular formula is C12H13ClN4O2. The number of furan rings is 1. The van der Waals surface area contributed by atoms with Crippen LogP contribution in [-0.4, -0.2) is 47.0 Å². The van der Waals surface area contributed by atoms with Gasteiger partial charge in [0.1, 0.15) is 5.52 Å². The molecule has 1 fully saturated rings. The fraction of sp³-hybridized carbons (Fsp3) is 0.417. The molecule has 0 bridgehead atoms. The van der Waals surface area contributed by atoms with Crippen LogP contribution in [0.5, 0.6) is 0 Å². The van der Waals surface area contributed by atoms with Crippen LogP contribution in [0.1, 0.15) is 6.92 Å². The van der Waals surface area contributed by atoms with Gasteiger partial charge in [-0.25, -0.2) is 4.98 Å². The maximum atomic E-state index is 11.3. The molecule has 3 heterocycles. The number of amides is 1. The van der Waals surface area contributed by atoms with Crippen molar-refractivity contribution in [1.82, 2.24) is 14.9 Å². The van der Waals surface area contributed by atoms with Crippen LogP contribution in [-0.2, 0) is 4.79 Å². The highest BCUT2D eigenvalue weighted by Crippen LogP contribution is 2.26. The molecule has 3 rings (SSSR count). The van der Waals surface area contributed by atoms with Gasteiger partial charge in [0.05, 0.1) is 6.26 Å². The minimum Gasteiger partial charge on any atom is -0.459 e. The lowest BCUT2D eigenvalue weighted by Gasteiger charge is -2.34. The molecule has 0 aliphatic carbocycles. The summed E-state index contributed by atoms with van der Waals surface area (Å²) in [6.45, 7) is 4.37. The molecule has 2 aromatic heterocycles. The number of carbonyl (C=O) groups is 1. The first-order chi connectivity index (χ1) is 9.15. The first-order valence-corrected chi connectivity index (χ1v) is 6.44. The SMILES string of the molecule is CC(=O)N1CCN(c2nc(Cl)nc3ccoc23)CC1. The first kappa shape index (κ1) is 12.2. The van der Waals surface area contributed by atoms with Crippen molar-refractivity contribution >= 4 is 34.4 Å². The molecule has 0 N–H and O–H groups in total. The highest BCUT2D eigenvalue weighted by atomic mass is 35.5. The molecule has 0 atom stereocenters. The van der Waals surface area contributed by atoms with Crippen molar-refractivity contribution in [2.45, 2.75) is 6.92 Å². The van der Waals surface area contributed by atoms with E-state index < -0.39 is 0 Å². The average Bonchev–Trinajstić information content (AvgIpc) is 2.85. The third-order valence-electron chi connectivity index (χ3n) is 3.28. The number of piperazine rings is 1. The van der Waals surface area contributed by atoms with E-state index in [9.17, 15) is 4.79 Å². The molecule has 7 heteroatoms. The second kappa shape index (κ2) is 4.70. The summed E-state index contributed by atoms with van der Waals surface area (Å²) < 4.78 is 5.43. The molecule has 19 heavy (non-hydrogen) atoms. The predicted octanol–water partition coefficient (Wildman–Crippen LogP) is 1.54. The number of hydrogen-bond donors (Lipinski definition) is 0. The third kappa shape index (κ3) is 2.23. The Hall–Kier alpha value is -1.82. The number of carbonyl (C=O) groups excluding carboxylic acids is 1. The van der Waals surface area contributed by atoms with Crippen LogP contribution < -0.4 is 4.90 Å². The fourth-order valence-electron chi connectivity index (χ4n) is 2.27. The van der Waals surface area contributed by atoms with Crippen molar-refractivity contribution in [2.24, 2.45) is 0 Å². The van der Waals surface area contributed by atoms with E-state index in [0.717, 1.165) is 0 Å². The number of hydrogen-bond acceptors (Lipinski definition) is 5. The monoisotopic (exact) mass is 280 g/mol. The Morgan fingerprint density at radius 2 is 2.05 bits per heavy atom. The van der Waals surface area contributed by atoms with Gasteiger partial charge in [-0.05, 0) is 11.6 Å². The summed E-state index contributed by atoms with van der Waals surface area (Å²) >= 11 is 5.92. The van der Waals surface area contributed by atoms with E-state index in [-0.39, 0.29) is 11.2 Å². The quantitative estimate of drug-likeness (QED) is 0.742. The molecule has 0 spiro atoms. The lowest BCUT2D eigenvalue weighted by atomic mass is 10.3. The summed E-state index contributed by atoms with van der Waals surface area (Å²) in [4.78, 5) is 23.5. The van der Waals surface area contributed by atoms with E-state index in [1.165, 1.54) is 0 Å². The van der Waals surface area contributed by atoms with Crippen molar-refractivity contribution in [3.63, 3.8) is 0 Å². The van der Waals surface area contributed by atoms with E-state index in [0.29, 0.717) is 43.1 Å². The van der Waals surface area contributed by atoms with Crippen LogP contribution in [0.15, 0.2) is 16.7 Å². The summed E-state index contributed by atoms with van der Waals surface area (Å²) in [5.41, 5.74) is 1.34. The molecule has 0 radical (unpaired) electrons. The number of nitrogens with zero attached hydrogens (tertiary/aromatic N) is 4. The van der Waals surface area contributed by atoms with Gasteiger partial charge in [0.25, 0.3) is 0 Å². The Labute approximate surface area is 115 Å². The molecule has 6 nitrogen and oxygen atoms in total. The normalized spacial score (nSPS) is 16.1. The summed E-state index contributed by atoms with van der Waals surface area (Å²) in [6.07, 6.45) is 1.57. The zero-order valence-electron chi connectivity index (χ0n) is 10.5. The van der Waals surface area contributed by atoms with Crippen LogP contribution in [0.25, 0.3) is 11.1 Å². The van der Waals surface area contributed by atoms with Gasteiger partial charge in [-0.2, -0.15) is 4.98 Å². The molecule has 0 aromatic carbocycles. The smallest absolute Gasteiger partial charge is 0.225 e. The molecule has 100 valence electrons. The van der Waals surface area contributed by atoms with Crippen LogP contribution in [0.2, 0.25) is 5.28 Å². The number of halogens is 1. The number of rotatable bonds is 1. The number of fused-ring (bicyclic) bond motifs is 1. The molecule has 1 saturated heterocycles. The number of aromatic nitrogens is 2. The van der Waals surface area contributed by atoms with Gasteiger partial charge in [0.2, 0.25) is 11.2 Å². The van der Waals surface area contributed by atoms with Crippen molar-refractivity contribution in [3.8, 4) is 0 Å². The Kier molecular flexibility index (Phi) is 3.02. The second-order valence-corrected chi connectivity index (χ2v) is 4.78. The largest absolute Gasteiger partial charge is 0.459 e. The van der Waals surface area contributed by atoms with Gasteiger partial charge in [0.15, 0.2) is 11.4 Å².